The van der Waals surface area contributed by atoms with Crippen LogP contribution in [0.3, 0.4) is 0 Å². The van der Waals surface area contributed by atoms with Gasteiger partial charge in [-0.2, -0.15) is 5.10 Å². The van der Waals surface area contributed by atoms with Gasteiger partial charge in [0.05, 0.1) is 11.4 Å². The van der Waals surface area contributed by atoms with Crippen molar-refractivity contribution in [3.05, 3.63) is 5.69 Å². The number of nitrogens with zero attached hydrogens (tertiary/aromatic N) is 2. The quantitative estimate of drug-likeness (QED) is 0.613. The Labute approximate surface area is 95.0 Å². The number of amides is 1. The number of hydrogen-bond acceptors (Lipinski definition) is 4. The molecule has 90 valence electrons. The molecule has 0 fully saturated rings. The third-order valence-corrected chi connectivity index (χ3v) is 2.37. The smallest absolute Gasteiger partial charge is 0.217 e. The summed E-state index contributed by atoms with van der Waals surface area (Å²) in [5.41, 5.74) is 12.4. The van der Waals surface area contributed by atoms with Gasteiger partial charge in [-0.25, -0.2) is 4.68 Å². The maximum Gasteiger partial charge on any atom is 0.217 e. The molecule has 0 bridgehead atoms. The summed E-state index contributed by atoms with van der Waals surface area (Å²) in [7, 11) is 0. The predicted octanol–water partition coefficient (Wildman–Crippen LogP) is 0.471. The zero-order valence-corrected chi connectivity index (χ0v) is 9.79. The van der Waals surface area contributed by atoms with Crippen LogP contribution < -0.4 is 16.8 Å². The highest BCUT2D eigenvalue weighted by molar-refractivity contribution is 5.73. The lowest BCUT2D eigenvalue weighted by Crippen LogP contribution is -2.14. The molecule has 6 heteroatoms. The van der Waals surface area contributed by atoms with Crippen LogP contribution in [-0.2, 0) is 11.3 Å². The second-order valence-electron chi connectivity index (χ2n) is 3.66. The Kier molecular flexibility index (Phi) is 4.16. The Morgan fingerprint density at radius 3 is 2.81 bits per heavy atom. The van der Waals surface area contributed by atoms with Gasteiger partial charge >= 0.3 is 0 Å². The molecule has 1 heterocycles. The van der Waals surface area contributed by atoms with Gasteiger partial charge in [0, 0.05) is 19.5 Å². The molecular formula is C10H19N5O. The second-order valence-corrected chi connectivity index (χ2v) is 3.66. The fourth-order valence-electron chi connectivity index (χ4n) is 1.48. The Morgan fingerprint density at radius 1 is 1.56 bits per heavy atom. The number of aryl methyl sites for hydroxylation is 2. The van der Waals surface area contributed by atoms with Gasteiger partial charge < -0.3 is 16.8 Å². The molecule has 1 aromatic heterocycles. The SMILES string of the molecule is CCn1nc(C)c(N)c1NCCCC(N)=O. The van der Waals surface area contributed by atoms with Crippen molar-refractivity contribution in [2.24, 2.45) is 5.73 Å². The Morgan fingerprint density at radius 2 is 2.25 bits per heavy atom. The van der Waals surface area contributed by atoms with Gasteiger partial charge in [-0.15, -0.1) is 0 Å². The minimum Gasteiger partial charge on any atom is -0.394 e. The summed E-state index contributed by atoms with van der Waals surface area (Å²) >= 11 is 0. The van der Waals surface area contributed by atoms with E-state index in [9.17, 15) is 4.79 Å². The molecule has 0 saturated heterocycles. The summed E-state index contributed by atoms with van der Waals surface area (Å²) in [6, 6.07) is 0. The molecule has 0 radical (unpaired) electrons. The summed E-state index contributed by atoms with van der Waals surface area (Å²) in [6.45, 7) is 5.30. The van der Waals surface area contributed by atoms with Crippen LogP contribution in [0.5, 0.6) is 0 Å². The first-order valence-electron chi connectivity index (χ1n) is 5.41. The van der Waals surface area contributed by atoms with E-state index in [1.165, 1.54) is 0 Å². The van der Waals surface area contributed by atoms with Crippen molar-refractivity contribution < 1.29 is 4.79 Å². The van der Waals surface area contributed by atoms with E-state index in [0.29, 0.717) is 25.1 Å². The fraction of sp³-hybridized carbons (Fsp3) is 0.600. The van der Waals surface area contributed by atoms with E-state index in [2.05, 4.69) is 10.4 Å². The molecule has 5 N–H and O–H groups in total. The van der Waals surface area contributed by atoms with Gasteiger partial charge in [0.1, 0.15) is 5.82 Å². The van der Waals surface area contributed by atoms with E-state index in [1.807, 2.05) is 18.5 Å². The van der Waals surface area contributed by atoms with Crippen LogP contribution >= 0.6 is 0 Å². The van der Waals surface area contributed by atoms with Crippen LogP contribution in [0.1, 0.15) is 25.5 Å². The second kappa shape index (κ2) is 5.39. The molecule has 0 spiro atoms. The Bertz CT molecular complexity index is 372. The summed E-state index contributed by atoms with van der Waals surface area (Å²) in [6.07, 6.45) is 1.08. The van der Waals surface area contributed by atoms with Crippen molar-refractivity contribution in [2.45, 2.75) is 33.2 Å². The molecule has 1 rings (SSSR count). The van der Waals surface area contributed by atoms with Crippen LogP contribution in [0.2, 0.25) is 0 Å². The molecular weight excluding hydrogens is 206 g/mol. The van der Waals surface area contributed by atoms with Crippen molar-refractivity contribution >= 4 is 17.4 Å². The number of carbonyl (C=O) groups is 1. The maximum absolute atomic E-state index is 10.6. The number of aromatic nitrogens is 2. The molecule has 1 amide bonds. The molecule has 0 aliphatic heterocycles. The largest absolute Gasteiger partial charge is 0.394 e. The van der Waals surface area contributed by atoms with Crippen LogP contribution in [0.4, 0.5) is 11.5 Å². The van der Waals surface area contributed by atoms with Crippen molar-refractivity contribution in [3.8, 4) is 0 Å². The zero-order valence-electron chi connectivity index (χ0n) is 9.79. The van der Waals surface area contributed by atoms with E-state index in [1.54, 1.807) is 0 Å². The van der Waals surface area contributed by atoms with Gasteiger partial charge in [0.25, 0.3) is 0 Å². The lowest BCUT2D eigenvalue weighted by Gasteiger charge is -2.08. The number of anilines is 2. The zero-order chi connectivity index (χ0) is 12.1. The normalized spacial score (nSPS) is 10.4. The number of nitrogen functional groups attached to an aromatic ring is 1. The Hall–Kier alpha value is -1.72. The molecule has 0 aliphatic rings. The minimum absolute atomic E-state index is 0.282. The number of nitrogens with two attached hydrogens (primary N) is 2. The third kappa shape index (κ3) is 2.88. The van der Waals surface area contributed by atoms with Gasteiger partial charge in [0.15, 0.2) is 0 Å². The number of carbonyl (C=O) groups excluding carboxylic acids is 1. The van der Waals surface area contributed by atoms with Crippen LogP contribution in [0, 0.1) is 6.92 Å². The van der Waals surface area contributed by atoms with Crippen LogP contribution in [0.15, 0.2) is 0 Å². The maximum atomic E-state index is 10.6. The lowest BCUT2D eigenvalue weighted by atomic mass is 10.3. The highest BCUT2D eigenvalue weighted by Gasteiger charge is 2.10. The van der Waals surface area contributed by atoms with E-state index in [4.69, 9.17) is 11.5 Å². The van der Waals surface area contributed by atoms with E-state index in [-0.39, 0.29) is 5.91 Å². The van der Waals surface area contributed by atoms with Crippen molar-refractivity contribution in [2.75, 3.05) is 17.6 Å². The summed E-state index contributed by atoms with van der Waals surface area (Å²) < 4.78 is 1.81. The highest BCUT2D eigenvalue weighted by Crippen LogP contribution is 2.21. The lowest BCUT2D eigenvalue weighted by molar-refractivity contribution is -0.118. The molecule has 0 unspecified atom stereocenters. The fourth-order valence-corrected chi connectivity index (χ4v) is 1.48. The van der Waals surface area contributed by atoms with Gasteiger partial charge in [-0.1, -0.05) is 0 Å². The molecule has 0 aromatic carbocycles. The van der Waals surface area contributed by atoms with Gasteiger partial charge in [0.2, 0.25) is 5.91 Å². The van der Waals surface area contributed by atoms with Crippen LogP contribution in [0.25, 0.3) is 0 Å². The first kappa shape index (κ1) is 12.4. The monoisotopic (exact) mass is 225 g/mol. The number of hydrogen-bond donors (Lipinski definition) is 3. The van der Waals surface area contributed by atoms with Crippen LogP contribution in [-0.4, -0.2) is 22.2 Å². The topological polar surface area (TPSA) is 99.0 Å². The van der Waals surface area contributed by atoms with E-state index >= 15 is 0 Å². The standard InChI is InChI=1S/C10H19N5O/c1-3-15-10(9(12)7(2)14-15)13-6-4-5-8(11)16/h13H,3-6,12H2,1-2H3,(H2,11,16). The average molecular weight is 225 g/mol. The molecule has 0 aliphatic carbocycles. The molecule has 1 aromatic rings. The number of rotatable bonds is 6. The summed E-state index contributed by atoms with van der Waals surface area (Å²) in [5, 5.41) is 7.46. The van der Waals surface area contributed by atoms with E-state index in [0.717, 1.165) is 18.1 Å². The van der Waals surface area contributed by atoms with Crippen molar-refractivity contribution in [3.63, 3.8) is 0 Å². The summed E-state index contributed by atoms with van der Waals surface area (Å²) in [4.78, 5) is 10.6. The van der Waals surface area contributed by atoms with Crippen molar-refractivity contribution in [1.29, 1.82) is 0 Å². The molecule has 6 nitrogen and oxygen atoms in total. The predicted molar refractivity (Wildman–Crippen MR) is 64.0 cm³/mol. The first-order valence-corrected chi connectivity index (χ1v) is 5.41. The van der Waals surface area contributed by atoms with Crippen molar-refractivity contribution in [1.82, 2.24) is 9.78 Å². The molecule has 0 saturated carbocycles. The molecule has 0 atom stereocenters. The minimum atomic E-state index is -0.282. The first-order chi connectivity index (χ1) is 7.56. The van der Waals surface area contributed by atoms with E-state index < -0.39 is 0 Å². The number of primary amides is 1. The summed E-state index contributed by atoms with van der Waals surface area (Å²) in [5.74, 6) is 0.541. The van der Waals surface area contributed by atoms with Gasteiger partial charge in [-0.3, -0.25) is 4.79 Å². The number of nitrogens with one attached hydrogen (secondary N) is 1. The molecule has 16 heavy (non-hydrogen) atoms. The van der Waals surface area contributed by atoms with Gasteiger partial charge in [-0.05, 0) is 20.3 Å². The third-order valence-electron chi connectivity index (χ3n) is 2.37. The average Bonchev–Trinajstić information content (AvgIpc) is 2.50. The highest BCUT2D eigenvalue weighted by atomic mass is 16.1. The Balaban J connectivity index is 2.55.